The molecule has 0 radical (unpaired) electrons. The van der Waals surface area contributed by atoms with Crippen molar-refractivity contribution < 1.29 is 28.2 Å². The van der Waals surface area contributed by atoms with Gasteiger partial charge in [0.2, 0.25) is 5.60 Å². The van der Waals surface area contributed by atoms with E-state index < -0.39 is 18.3 Å². The van der Waals surface area contributed by atoms with Crippen LogP contribution in [0.15, 0.2) is 74.1 Å². The second-order valence-corrected chi connectivity index (χ2v) is 14.4. The molecule has 6 nitrogen and oxygen atoms in total. The molecule has 38 heavy (non-hydrogen) atoms. The summed E-state index contributed by atoms with van der Waals surface area (Å²) in [7, 11) is 2.83. The monoisotopic (exact) mass is 790 g/mol. The normalized spacial score (nSPS) is 11.6. The van der Waals surface area contributed by atoms with Gasteiger partial charge in [0.15, 0.2) is 0 Å². The highest BCUT2D eigenvalue weighted by Crippen LogP contribution is 2.50. The number of benzene rings is 3. The van der Waals surface area contributed by atoms with E-state index in [2.05, 4.69) is 47.8 Å². The summed E-state index contributed by atoms with van der Waals surface area (Å²) in [5.74, 6) is -0.353. The summed E-state index contributed by atoms with van der Waals surface area (Å²) in [6.45, 7) is 0.713. The predicted octanol–water partition coefficient (Wildman–Crippen LogP) is 9.05. The van der Waals surface area contributed by atoms with Gasteiger partial charge in [-0.1, -0.05) is 79.3 Å². The highest BCUT2D eigenvalue weighted by atomic mass is 79.9. The fourth-order valence-corrected chi connectivity index (χ4v) is 5.27. The van der Waals surface area contributed by atoms with Crippen LogP contribution in [0, 0.1) is 0 Å². The number of ether oxygens (including phenoxy) is 1. The van der Waals surface area contributed by atoms with Crippen molar-refractivity contribution in [3.8, 4) is 5.75 Å². The third-order valence-corrected chi connectivity index (χ3v) is 9.78. The summed E-state index contributed by atoms with van der Waals surface area (Å²) in [6.07, 6.45) is -0.315. The highest BCUT2D eigenvalue weighted by Gasteiger charge is 2.42. The number of rotatable bonds is 8. The van der Waals surface area contributed by atoms with E-state index in [1.54, 1.807) is 74.5 Å². The van der Waals surface area contributed by atoms with Gasteiger partial charge in [0.1, 0.15) is 5.75 Å². The molecule has 3 aromatic carbocycles. The smallest absolute Gasteiger partial charge is 0.380 e. The molecule has 3 aromatic rings. The zero-order chi connectivity index (χ0) is 28.7. The Bertz CT molecular complexity index is 1240. The van der Waals surface area contributed by atoms with Crippen LogP contribution in [0.3, 0.4) is 0 Å². The van der Waals surface area contributed by atoms with Crippen molar-refractivity contribution in [3.05, 3.63) is 95.3 Å². The third kappa shape index (κ3) is 8.99. The second kappa shape index (κ2) is 14.9. The van der Waals surface area contributed by atoms with E-state index in [0.717, 1.165) is 8.95 Å². The predicted molar refractivity (Wildman–Crippen MR) is 166 cm³/mol. The van der Waals surface area contributed by atoms with Crippen molar-refractivity contribution >= 4 is 95.5 Å². The molecule has 0 saturated carbocycles. The van der Waals surface area contributed by atoms with Crippen molar-refractivity contribution in [3.63, 3.8) is 0 Å². The van der Waals surface area contributed by atoms with Crippen LogP contribution in [-0.4, -0.2) is 31.4 Å². The minimum absolute atomic E-state index is 0.315. The average Bonchev–Trinajstić information content (AvgIpc) is 2.87. The molecule has 206 valence electrons. The molecule has 0 fully saturated rings. The van der Waals surface area contributed by atoms with E-state index in [1.807, 2.05) is 0 Å². The second-order valence-electron chi connectivity index (χ2n) is 7.78. The zero-order valence-electron chi connectivity index (χ0n) is 20.6. The first kappa shape index (κ1) is 33.7. The number of carbonyl (C=O) groups is 1. The number of carbonyl (C=O) groups excluding carboxylic acids is 1. The molecule has 0 heterocycles. The Morgan fingerprint density at radius 2 is 1.34 bits per heavy atom. The third-order valence-electron chi connectivity index (χ3n) is 4.79. The lowest BCUT2D eigenvalue weighted by atomic mass is 9.86. The molecule has 1 N–H and O–H groups in total. The molecule has 0 bridgehead atoms. The van der Waals surface area contributed by atoms with Gasteiger partial charge in [0.25, 0.3) is 0 Å². The molecule has 0 saturated heterocycles. The Labute approximate surface area is 262 Å². The van der Waals surface area contributed by atoms with Crippen LogP contribution in [0.1, 0.15) is 25.0 Å². The minimum Gasteiger partial charge on any atom is -0.460 e. The molecule has 0 aliphatic rings. The average molecular weight is 794 g/mol. The van der Waals surface area contributed by atoms with Crippen molar-refractivity contribution in [2.24, 2.45) is 0 Å². The van der Waals surface area contributed by atoms with E-state index in [4.69, 9.17) is 53.3 Å². The molecule has 0 aromatic heterocycles. The maximum atomic E-state index is 12.6. The topological polar surface area (TPSA) is 74.2 Å². The van der Waals surface area contributed by atoms with Crippen LogP contribution in [0.4, 0.5) is 0 Å². The van der Waals surface area contributed by atoms with Gasteiger partial charge in [-0.2, -0.15) is 0 Å². The van der Waals surface area contributed by atoms with E-state index in [9.17, 15) is 9.90 Å². The van der Waals surface area contributed by atoms with Gasteiger partial charge in [-0.05, 0) is 71.2 Å². The Hall–Kier alpha value is -0.520. The number of halogens is 5. The van der Waals surface area contributed by atoms with E-state index in [1.165, 1.54) is 14.2 Å². The summed E-state index contributed by atoms with van der Waals surface area (Å²) in [6, 6.07) is 17.1. The zero-order valence-corrected chi connectivity index (χ0v) is 28.6. The molecule has 0 atom stereocenters. The molecular weight excluding hydrogens is 770 g/mol. The van der Waals surface area contributed by atoms with E-state index in [0.29, 0.717) is 31.4 Å². The van der Waals surface area contributed by atoms with Gasteiger partial charge < -0.3 is 23.4 Å². The van der Waals surface area contributed by atoms with Crippen LogP contribution < -0.4 is 4.52 Å². The first-order chi connectivity index (χ1) is 17.8. The van der Waals surface area contributed by atoms with Gasteiger partial charge >= 0.3 is 12.7 Å². The number of hydrogen-bond donors (Lipinski definition) is 1. The van der Waals surface area contributed by atoms with Gasteiger partial charge in [0.05, 0.1) is 16.1 Å². The molecule has 13 heteroatoms. The molecule has 3 rings (SSSR count). The first-order valence-electron chi connectivity index (χ1n) is 10.8. The molecule has 0 aliphatic carbocycles. The van der Waals surface area contributed by atoms with Crippen molar-refractivity contribution in [1.29, 1.82) is 0 Å². The highest BCUT2D eigenvalue weighted by molar-refractivity contribution is 9.11. The van der Waals surface area contributed by atoms with Gasteiger partial charge in [0, 0.05) is 45.5 Å². The number of hydrogen-bond acceptors (Lipinski definition) is 7. The summed E-state index contributed by atoms with van der Waals surface area (Å²) in [5, 5.41) is 12.0. The van der Waals surface area contributed by atoms with Crippen LogP contribution in [0.25, 0.3) is 0 Å². The Kier molecular flexibility index (Phi) is 13.2. The Morgan fingerprint density at radius 3 is 1.74 bits per heavy atom. The van der Waals surface area contributed by atoms with Crippen molar-refractivity contribution in [2.75, 3.05) is 14.2 Å². The lowest BCUT2D eigenvalue weighted by Crippen LogP contribution is -2.39. The van der Waals surface area contributed by atoms with Gasteiger partial charge in [-0.25, -0.2) is 4.79 Å². The molecule has 0 amide bonds. The fraction of sp³-hybridized carbons (Fsp3) is 0.240. The van der Waals surface area contributed by atoms with Crippen molar-refractivity contribution in [1.82, 2.24) is 0 Å². The van der Waals surface area contributed by atoms with Gasteiger partial charge in [-0.15, -0.1) is 0 Å². The quantitative estimate of drug-likeness (QED) is 0.139. The summed E-state index contributed by atoms with van der Waals surface area (Å²) >= 11 is 26.9. The van der Waals surface area contributed by atoms with Crippen LogP contribution >= 0.6 is 77.7 Å². The summed E-state index contributed by atoms with van der Waals surface area (Å²) in [4.78, 5) is 12.6. The lowest BCUT2D eigenvalue weighted by molar-refractivity contribution is -0.166. The van der Waals surface area contributed by atoms with Crippen molar-refractivity contribution in [2.45, 2.75) is 25.6 Å². The largest absolute Gasteiger partial charge is 0.460 e. The standard InChI is InChI=1S/C17H16Br2O3.C8H8BrCl2O3PS/c1-11(2)22-16(20)17(21,12-3-7-14(18)8-4-12)13-5-9-15(19)10-6-13;1-12-15(16,13-2)14-8-4-6(10)5(9)3-7(8)11/h3-11,21H,1-2H3;3-4H,1-2H3. The molecule has 0 aliphatic heterocycles. The van der Waals surface area contributed by atoms with Crippen LogP contribution in [-0.2, 0) is 36.0 Å². The molecular formula is C25H24Br3Cl2O6PS. The van der Waals surface area contributed by atoms with E-state index >= 15 is 0 Å². The lowest BCUT2D eigenvalue weighted by Gasteiger charge is -2.28. The fourth-order valence-electron chi connectivity index (χ4n) is 2.93. The van der Waals surface area contributed by atoms with Crippen LogP contribution in [0.2, 0.25) is 10.0 Å². The van der Waals surface area contributed by atoms with Crippen LogP contribution in [0.5, 0.6) is 5.75 Å². The van der Waals surface area contributed by atoms with E-state index in [-0.39, 0.29) is 6.10 Å². The Balaban J connectivity index is 0.000000281. The Morgan fingerprint density at radius 1 is 0.895 bits per heavy atom. The summed E-state index contributed by atoms with van der Waals surface area (Å²) in [5.41, 5.74) is -0.918. The first-order valence-corrected chi connectivity index (χ1v) is 16.5. The maximum absolute atomic E-state index is 12.6. The summed E-state index contributed by atoms with van der Waals surface area (Å²) < 4.78 is 23.1. The number of esters is 1. The molecule has 0 unspecified atom stereocenters. The maximum Gasteiger partial charge on any atom is 0.380 e. The SMILES string of the molecule is CC(C)OC(=O)C(O)(c1ccc(Br)cc1)c1ccc(Br)cc1.COP(=S)(OC)Oc1cc(Cl)c(Br)cc1Cl. The molecule has 0 spiro atoms. The number of aliphatic hydroxyl groups is 1. The van der Waals surface area contributed by atoms with Gasteiger partial charge in [-0.3, -0.25) is 0 Å². The minimum atomic E-state index is -2.79.